The van der Waals surface area contributed by atoms with Gasteiger partial charge in [-0.25, -0.2) is 9.80 Å². The fourth-order valence-electron chi connectivity index (χ4n) is 1.70. The molecule has 0 aromatic carbocycles. The fraction of sp³-hybridized carbons (Fsp3) is 0.818. The quantitative estimate of drug-likeness (QED) is 0.725. The SMILES string of the molecule is CC(C)CN(CC(=O)O)C(=O)NN1CCOCC1. The van der Waals surface area contributed by atoms with Crippen LogP contribution in [0.25, 0.3) is 0 Å². The van der Waals surface area contributed by atoms with Gasteiger partial charge in [-0.3, -0.25) is 10.2 Å². The molecule has 1 rings (SSSR count). The molecular weight excluding hydrogens is 238 g/mol. The lowest BCUT2D eigenvalue weighted by Crippen LogP contribution is -2.54. The molecule has 7 nitrogen and oxygen atoms in total. The predicted molar refractivity (Wildman–Crippen MR) is 65.0 cm³/mol. The molecule has 0 aromatic rings. The summed E-state index contributed by atoms with van der Waals surface area (Å²) >= 11 is 0. The van der Waals surface area contributed by atoms with Crippen LogP contribution < -0.4 is 5.43 Å². The first-order valence-electron chi connectivity index (χ1n) is 6.09. The molecule has 2 N–H and O–H groups in total. The van der Waals surface area contributed by atoms with Crippen molar-refractivity contribution in [3.63, 3.8) is 0 Å². The number of hydrogen-bond donors (Lipinski definition) is 2. The van der Waals surface area contributed by atoms with Gasteiger partial charge in [0.25, 0.3) is 0 Å². The number of amides is 2. The van der Waals surface area contributed by atoms with E-state index in [1.54, 1.807) is 5.01 Å². The highest BCUT2D eigenvalue weighted by Gasteiger charge is 2.20. The average Bonchev–Trinajstić information content (AvgIpc) is 2.28. The van der Waals surface area contributed by atoms with Crippen LogP contribution in [0.3, 0.4) is 0 Å². The molecule has 0 bridgehead atoms. The Morgan fingerprint density at radius 3 is 2.50 bits per heavy atom. The lowest BCUT2D eigenvalue weighted by molar-refractivity contribution is -0.137. The summed E-state index contributed by atoms with van der Waals surface area (Å²) < 4.78 is 5.17. The van der Waals surface area contributed by atoms with Gasteiger partial charge in [-0.1, -0.05) is 13.8 Å². The van der Waals surface area contributed by atoms with Gasteiger partial charge >= 0.3 is 12.0 Å². The summed E-state index contributed by atoms with van der Waals surface area (Å²) in [5.74, 6) is -0.785. The van der Waals surface area contributed by atoms with Crippen molar-refractivity contribution in [2.75, 3.05) is 39.4 Å². The highest BCUT2D eigenvalue weighted by Crippen LogP contribution is 2.01. The van der Waals surface area contributed by atoms with Crippen LogP contribution in [0.5, 0.6) is 0 Å². The molecule has 1 heterocycles. The van der Waals surface area contributed by atoms with Crippen LogP contribution in [0.1, 0.15) is 13.8 Å². The Morgan fingerprint density at radius 1 is 1.39 bits per heavy atom. The van der Waals surface area contributed by atoms with E-state index in [4.69, 9.17) is 9.84 Å². The second kappa shape index (κ2) is 7.17. The third kappa shape index (κ3) is 5.33. The number of hydrazine groups is 1. The molecule has 0 spiro atoms. The molecule has 1 aliphatic heterocycles. The van der Waals surface area contributed by atoms with E-state index in [1.165, 1.54) is 4.90 Å². The van der Waals surface area contributed by atoms with Gasteiger partial charge in [0.1, 0.15) is 6.54 Å². The molecule has 2 amide bonds. The zero-order valence-electron chi connectivity index (χ0n) is 10.9. The van der Waals surface area contributed by atoms with E-state index in [-0.39, 0.29) is 18.5 Å². The summed E-state index contributed by atoms with van der Waals surface area (Å²) in [7, 11) is 0. The van der Waals surface area contributed by atoms with E-state index < -0.39 is 5.97 Å². The number of aliphatic carboxylic acids is 1. The van der Waals surface area contributed by atoms with Crippen LogP contribution >= 0.6 is 0 Å². The molecule has 0 atom stereocenters. The Bertz CT molecular complexity index is 290. The zero-order valence-corrected chi connectivity index (χ0v) is 10.9. The lowest BCUT2D eigenvalue weighted by Gasteiger charge is -2.30. The monoisotopic (exact) mass is 259 g/mol. The minimum atomic E-state index is -1.01. The van der Waals surface area contributed by atoms with Crippen molar-refractivity contribution in [2.45, 2.75) is 13.8 Å². The van der Waals surface area contributed by atoms with Crippen LogP contribution in [0, 0.1) is 5.92 Å². The average molecular weight is 259 g/mol. The first-order valence-corrected chi connectivity index (χ1v) is 6.09. The van der Waals surface area contributed by atoms with Crippen LogP contribution in [0.15, 0.2) is 0 Å². The smallest absolute Gasteiger partial charge is 0.332 e. The molecule has 7 heteroatoms. The standard InChI is InChI=1S/C11H21N3O4/c1-9(2)7-13(8-10(15)16)11(17)12-14-3-5-18-6-4-14/h9H,3-8H2,1-2H3,(H,12,17)(H,15,16). The summed E-state index contributed by atoms with van der Waals surface area (Å²) in [5.41, 5.74) is 2.71. The topological polar surface area (TPSA) is 82.1 Å². The fourth-order valence-corrected chi connectivity index (χ4v) is 1.70. The number of nitrogens with one attached hydrogen (secondary N) is 1. The van der Waals surface area contributed by atoms with Gasteiger partial charge in [-0.05, 0) is 5.92 Å². The van der Waals surface area contributed by atoms with Crippen molar-refractivity contribution in [3.8, 4) is 0 Å². The van der Waals surface area contributed by atoms with Crippen LogP contribution in [0.2, 0.25) is 0 Å². The number of carboxylic acids is 1. The van der Waals surface area contributed by atoms with Crippen molar-refractivity contribution in [1.82, 2.24) is 15.3 Å². The second-order valence-corrected chi connectivity index (χ2v) is 4.68. The molecule has 1 fully saturated rings. The van der Waals surface area contributed by atoms with Gasteiger partial charge in [0, 0.05) is 19.6 Å². The molecule has 0 saturated carbocycles. The van der Waals surface area contributed by atoms with E-state index in [1.807, 2.05) is 13.8 Å². The number of carbonyl (C=O) groups is 2. The third-order valence-corrected chi connectivity index (χ3v) is 2.46. The second-order valence-electron chi connectivity index (χ2n) is 4.68. The zero-order chi connectivity index (χ0) is 13.5. The highest BCUT2D eigenvalue weighted by molar-refractivity contribution is 5.79. The summed E-state index contributed by atoms with van der Waals surface area (Å²) in [6, 6.07) is -0.368. The molecule has 1 aliphatic rings. The van der Waals surface area contributed by atoms with Gasteiger partial charge in [-0.2, -0.15) is 0 Å². The Morgan fingerprint density at radius 2 is 2.00 bits per heavy atom. The summed E-state index contributed by atoms with van der Waals surface area (Å²) in [6.07, 6.45) is 0. The van der Waals surface area contributed by atoms with Crippen LogP contribution in [0.4, 0.5) is 4.79 Å². The van der Waals surface area contributed by atoms with Crippen LogP contribution in [-0.4, -0.2) is 66.4 Å². The van der Waals surface area contributed by atoms with Gasteiger partial charge in [-0.15, -0.1) is 0 Å². The van der Waals surface area contributed by atoms with Gasteiger partial charge in [0.15, 0.2) is 0 Å². The van der Waals surface area contributed by atoms with Crippen molar-refractivity contribution in [1.29, 1.82) is 0 Å². The van der Waals surface area contributed by atoms with Gasteiger partial charge < -0.3 is 14.7 Å². The third-order valence-electron chi connectivity index (χ3n) is 2.46. The molecule has 1 saturated heterocycles. The first kappa shape index (κ1) is 14.7. The number of hydrogen-bond acceptors (Lipinski definition) is 4. The minimum Gasteiger partial charge on any atom is -0.480 e. The van der Waals surface area contributed by atoms with Crippen molar-refractivity contribution < 1.29 is 19.4 Å². The maximum absolute atomic E-state index is 12.0. The number of urea groups is 1. The maximum atomic E-state index is 12.0. The highest BCUT2D eigenvalue weighted by atomic mass is 16.5. The molecular formula is C11H21N3O4. The van der Waals surface area contributed by atoms with E-state index in [9.17, 15) is 9.59 Å². The van der Waals surface area contributed by atoms with Crippen molar-refractivity contribution in [2.24, 2.45) is 5.92 Å². The Labute approximate surface area is 107 Å². The molecule has 0 radical (unpaired) electrons. The Balaban J connectivity index is 2.48. The number of carboxylic acid groups (broad SMARTS) is 1. The lowest BCUT2D eigenvalue weighted by atomic mass is 10.2. The van der Waals surface area contributed by atoms with E-state index in [2.05, 4.69) is 5.43 Å². The maximum Gasteiger partial charge on any atom is 0.332 e. The number of rotatable bonds is 5. The number of morpholine rings is 1. The van der Waals surface area contributed by atoms with Gasteiger partial charge in [0.2, 0.25) is 0 Å². The molecule has 104 valence electrons. The molecule has 0 aliphatic carbocycles. The minimum absolute atomic E-state index is 0.222. The predicted octanol–water partition coefficient (Wildman–Crippen LogP) is -0.0142. The van der Waals surface area contributed by atoms with E-state index in [0.717, 1.165) is 0 Å². The largest absolute Gasteiger partial charge is 0.480 e. The normalized spacial score (nSPS) is 16.6. The van der Waals surface area contributed by atoms with Crippen molar-refractivity contribution >= 4 is 12.0 Å². The van der Waals surface area contributed by atoms with E-state index >= 15 is 0 Å². The molecule has 0 unspecified atom stereocenters. The summed E-state index contributed by atoms with van der Waals surface area (Å²) in [4.78, 5) is 24.0. The Kier molecular flexibility index (Phi) is 5.87. The summed E-state index contributed by atoms with van der Waals surface area (Å²) in [5, 5.41) is 10.5. The number of carbonyl (C=O) groups excluding carboxylic acids is 1. The van der Waals surface area contributed by atoms with E-state index in [0.29, 0.717) is 32.8 Å². The Hall–Kier alpha value is -1.34. The number of nitrogens with zero attached hydrogens (tertiary/aromatic N) is 2. The molecule has 0 aromatic heterocycles. The van der Waals surface area contributed by atoms with Crippen molar-refractivity contribution in [3.05, 3.63) is 0 Å². The molecule has 18 heavy (non-hydrogen) atoms. The first-order chi connectivity index (χ1) is 8.49. The number of ether oxygens (including phenoxy) is 1. The van der Waals surface area contributed by atoms with Gasteiger partial charge in [0.05, 0.1) is 13.2 Å². The summed E-state index contributed by atoms with van der Waals surface area (Å²) in [6.45, 7) is 6.40. The van der Waals surface area contributed by atoms with Crippen LogP contribution in [-0.2, 0) is 9.53 Å².